The van der Waals surface area contributed by atoms with Crippen molar-refractivity contribution in [3.8, 4) is 17.2 Å². The highest BCUT2D eigenvalue weighted by atomic mass is 32.1. The van der Waals surface area contributed by atoms with Gasteiger partial charge >= 0.3 is 12.1 Å². The number of carboxylic acids is 1. The number of anilines is 1. The Kier molecular flexibility index (Phi) is 3.89. The molecule has 8 heteroatoms. The third kappa shape index (κ3) is 2.79. The Bertz CT molecular complexity index is 1030. The van der Waals surface area contributed by atoms with Crippen molar-refractivity contribution in [1.29, 1.82) is 5.26 Å². The van der Waals surface area contributed by atoms with E-state index in [4.69, 9.17) is 11.0 Å². The molecule has 0 bridgehead atoms. The zero-order chi connectivity index (χ0) is 18.4. The van der Waals surface area contributed by atoms with Gasteiger partial charge in [0.1, 0.15) is 4.88 Å². The van der Waals surface area contributed by atoms with Crippen molar-refractivity contribution in [2.24, 2.45) is 0 Å². The van der Waals surface area contributed by atoms with E-state index in [1.54, 1.807) is 12.1 Å². The molecular weight excluding hydrogens is 353 g/mol. The zero-order valence-electron chi connectivity index (χ0n) is 12.4. The summed E-state index contributed by atoms with van der Waals surface area (Å²) in [6.45, 7) is 0. The molecule has 1 heterocycles. The molecule has 0 amide bonds. The molecule has 0 aliphatic heterocycles. The summed E-state index contributed by atoms with van der Waals surface area (Å²) in [7, 11) is 0. The Hall–Kier alpha value is -3.05. The number of alkyl halides is 3. The van der Waals surface area contributed by atoms with Crippen LogP contribution in [0.1, 0.15) is 20.8 Å². The highest BCUT2D eigenvalue weighted by Crippen LogP contribution is 2.46. The van der Waals surface area contributed by atoms with Crippen LogP contribution in [0.25, 0.3) is 21.2 Å². The Morgan fingerprint density at radius 2 is 1.80 bits per heavy atom. The summed E-state index contributed by atoms with van der Waals surface area (Å²) >= 11 is 0.704. The van der Waals surface area contributed by atoms with Crippen LogP contribution in [0.2, 0.25) is 0 Å². The lowest BCUT2D eigenvalue weighted by Gasteiger charge is -2.12. The summed E-state index contributed by atoms with van der Waals surface area (Å²) in [6, 6.07) is 10.4. The highest BCUT2D eigenvalue weighted by molar-refractivity contribution is 7.22. The highest BCUT2D eigenvalue weighted by Gasteiger charge is 2.35. The molecule has 3 rings (SSSR count). The molecule has 0 aliphatic carbocycles. The van der Waals surface area contributed by atoms with Crippen molar-refractivity contribution < 1.29 is 23.1 Å². The SMILES string of the molecule is N#Cc1ccc(-c2ccc(C(F)(F)F)c3c(N)c(C(=O)O)sc23)cc1. The van der Waals surface area contributed by atoms with Gasteiger partial charge in [0.2, 0.25) is 0 Å². The monoisotopic (exact) mass is 362 g/mol. The van der Waals surface area contributed by atoms with E-state index in [0.717, 1.165) is 6.07 Å². The second-order valence-corrected chi connectivity index (χ2v) is 6.22. The Labute approximate surface area is 143 Å². The lowest BCUT2D eigenvalue weighted by Crippen LogP contribution is -2.07. The number of nitriles is 1. The van der Waals surface area contributed by atoms with Crippen LogP contribution in [-0.4, -0.2) is 11.1 Å². The molecule has 0 saturated heterocycles. The normalized spacial score (nSPS) is 11.4. The minimum absolute atomic E-state index is 0.148. The third-order valence-corrected chi connectivity index (χ3v) is 4.93. The number of halogens is 3. The first kappa shape index (κ1) is 16.8. The summed E-state index contributed by atoms with van der Waals surface area (Å²) in [5.41, 5.74) is 5.75. The Morgan fingerprint density at radius 3 is 2.32 bits per heavy atom. The van der Waals surface area contributed by atoms with E-state index in [1.165, 1.54) is 18.2 Å². The first-order valence-electron chi connectivity index (χ1n) is 6.90. The van der Waals surface area contributed by atoms with Crippen molar-refractivity contribution in [2.45, 2.75) is 6.18 Å². The van der Waals surface area contributed by atoms with Gasteiger partial charge in [-0.15, -0.1) is 11.3 Å². The predicted octanol–water partition coefficient (Wildman–Crippen LogP) is 4.74. The molecule has 0 saturated carbocycles. The van der Waals surface area contributed by atoms with Crippen molar-refractivity contribution >= 4 is 33.1 Å². The number of nitrogens with two attached hydrogens (primary N) is 1. The van der Waals surface area contributed by atoms with Crippen LogP contribution in [-0.2, 0) is 6.18 Å². The van der Waals surface area contributed by atoms with Crippen molar-refractivity contribution in [3.63, 3.8) is 0 Å². The summed E-state index contributed by atoms with van der Waals surface area (Å²) in [6.07, 6.45) is -4.66. The first-order valence-corrected chi connectivity index (χ1v) is 7.71. The number of thiophene rings is 1. The topological polar surface area (TPSA) is 87.1 Å². The number of rotatable bonds is 2. The van der Waals surface area contributed by atoms with Gasteiger partial charge in [-0.2, -0.15) is 18.4 Å². The van der Waals surface area contributed by atoms with Gasteiger partial charge in [0.25, 0.3) is 0 Å². The molecule has 126 valence electrons. The van der Waals surface area contributed by atoms with E-state index in [2.05, 4.69) is 0 Å². The molecule has 4 nitrogen and oxygen atoms in total. The van der Waals surface area contributed by atoms with Crippen LogP contribution < -0.4 is 5.73 Å². The fourth-order valence-corrected chi connectivity index (χ4v) is 3.69. The lowest BCUT2D eigenvalue weighted by atomic mass is 9.99. The summed E-state index contributed by atoms with van der Waals surface area (Å²) in [5.74, 6) is -1.38. The van der Waals surface area contributed by atoms with Gasteiger partial charge in [0, 0.05) is 10.1 Å². The molecule has 3 aromatic rings. The Morgan fingerprint density at radius 1 is 1.16 bits per heavy atom. The van der Waals surface area contributed by atoms with Crippen LogP contribution in [0.4, 0.5) is 18.9 Å². The summed E-state index contributed by atoms with van der Waals surface area (Å²) < 4.78 is 40.1. The maximum Gasteiger partial charge on any atom is 0.417 e. The largest absolute Gasteiger partial charge is 0.477 e. The molecule has 0 atom stereocenters. The van der Waals surface area contributed by atoms with Crippen molar-refractivity contribution in [2.75, 3.05) is 5.73 Å². The molecule has 0 spiro atoms. The van der Waals surface area contributed by atoms with Gasteiger partial charge in [-0.25, -0.2) is 4.79 Å². The molecule has 2 aromatic carbocycles. The number of hydrogen-bond donors (Lipinski definition) is 2. The number of carbonyl (C=O) groups is 1. The van der Waals surface area contributed by atoms with Gasteiger partial charge in [0.05, 0.1) is 22.9 Å². The molecule has 3 N–H and O–H groups in total. The average molecular weight is 362 g/mol. The van der Waals surface area contributed by atoms with Gasteiger partial charge in [-0.05, 0) is 29.3 Å². The zero-order valence-corrected chi connectivity index (χ0v) is 13.2. The van der Waals surface area contributed by atoms with Crippen molar-refractivity contribution in [1.82, 2.24) is 0 Å². The minimum Gasteiger partial charge on any atom is -0.477 e. The standard InChI is InChI=1S/C17H9F3N2O2S/c18-17(19,20)11-6-5-10(9-3-1-8(7-21)2-4-9)14-12(11)13(22)15(25-14)16(23)24/h1-6H,22H2,(H,23,24). The van der Waals surface area contributed by atoms with Gasteiger partial charge in [-0.1, -0.05) is 18.2 Å². The molecule has 0 aliphatic rings. The fourth-order valence-electron chi connectivity index (χ4n) is 2.57. The maximum atomic E-state index is 13.3. The number of fused-ring (bicyclic) bond motifs is 1. The summed E-state index contributed by atoms with van der Waals surface area (Å²) in [4.78, 5) is 11.0. The molecular formula is C17H9F3N2O2S. The number of benzene rings is 2. The average Bonchev–Trinajstić information content (AvgIpc) is 2.91. The van der Waals surface area contributed by atoms with Crippen molar-refractivity contribution in [3.05, 3.63) is 52.4 Å². The molecule has 25 heavy (non-hydrogen) atoms. The van der Waals surface area contributed by atoms with Gasteiger partial charge in [-0.3, -0.25) is 0 Å². The van der Waals surface area contributed by atoms with Crippen LogP contribution in [0.3, 0.4) is 0 Å². The van der Waals surface area contributed by atoms with Crippen LogP contribution in [0, 0.1) is 11.3 Å². The van der Waals surface area contributed by atoms with Crippen LogP contribution in [0.15, 0.2) is 36.4 Å². The van der Waals surface area contributed by atoms with Gasteiger partial charge in [0.15, 0.2) is 0 Å². The summed E-state index contributed by atoms with van der Waals surface area (Å²) in [5, 5.41) is 17.7. The van der Waals surface area contributed by atoms with E-state index < -0.39 is 23.4 Å². The van der Waals surface area contributed by atoms with Crippen LogP contribution in [0.5, 0.6) is 0 Å². The van der Waals surface area contributed by atoms with E-state index in [-0.39, 0.29) is 15.0 Å². The quantitative estimate of drug-likeness (QED) is 0.689. The molecule has 0 fully saturated rings. The van der Waals surface area contributed by atoms with E-state index in [9.17, 15) is 23.1 Å². The molecule has 0 unspecified atom stereocenters. The lowest BCUT2D eigenvalue weighted by molar-refractivity contribution is -0.136. The third-order valence-electron chi connectivity index (χ3n) is 3.70. The number of carboxylic acid groups (broad SMARTS) is 1. The first-order chi connectivity index (χ1) is 11.7. The van der Waals surface area contributed by atoms with Gasteiger partial charge < -0.3 is 10.8 Å². The number of aromatic carboxylic acids is 1. The maximum absolute atomic E-state index is 13.3. The number of hydrogen-bond acceptors (Lipinski definition) is 4. The fraction of sp³-hybridized carbons (Fsp3) is 0.0588. The van der Waals surface area contributed by atoms with E-state index >= 15 is 0 Å². The number of nitrogens with zero attached hydrogens (tertiary/aromatic N) is 1. The second kappa shape index (κ2) is 5.79. The molecule has 1 aromatic heterocycles. The minimum atomic E-state index is -4.66. The smallest absolute Gasteiger partial charge is 0.417 e. The molecule has 0 radical (unpaired) electrons. The number of nitrogen functional groups attached to an aromatic ring is 1. The second-order valence-electron chi connectivity index (χ2n) is 5.20. The van der Waals surface area contributed by atoms with E-state index in [1.807, 2.05) is 6.07 Å². The predicted molar refractivity (Wildman–Crippen MR) is 88.3 cm³/mol. The van der Waals surface area contributed by atoms with E-state index in [0.29, 0.717) is 28.0 Å². The Balaban J connectivity index is 2.36. The van der Waals surface area contributed by atoms with Crippen LogP contribution >= 0.6 is 11.3 Å².